The minimum Gasteiger partial charge on any atom is -0.497 e. The van der Waals surface area contributed by atoms with E-state index in [1.807, 2.05) is 107 Å². The summed E-state index contributed by atoms with van der Waals surface area (Å²) in [5, 5.41) is 13.7. The third-order valence-electron chi connectivity index (χ3n) is 12.4. The lowest BCUT2D eigenvalue weighted by atomic mass is 10.0. The van der Waals surface area contributed by atoms with E-state index in [-0.39, 0.29) is 35.2 Å². The Bertz CT molecular complexity index is 2220. The summed E-state index contributed by atoms with van der Waals surface area (Å²) >= 11 is 0. The summed E-state index contributed by atoms with van der Waals surface area (Å²) in [5.41, 5.74) is 8.21. The fourth-order valence-corrected chi connectivity index (χ4v) is 8.77. The zero-order valence-corrected chi connectivity index (χ0v) is 33.3. The van der Waals surface area contributed by atoms with Crippen molar-refractivity contribution in [3.63, 3.8) is 0 Å². The number of carbonyl (C=O) groups is 2. The number of H-pyrrole nitrogens is 2. The molecule has 6 aromatic rings. The van der Waals surface area contributed by atoms with Crippen molar-refractivity contribution < 1.29 is 19.1 Å². The largest absolute Gasteiger partial charge is 0.497 e. The number of aromatic amines is 2. The van der Waals surface area contributed by atoms with Gasteiger partial charge in [0.05, 0.1) is 62.9 Å². The molecule has 4 aromatic carbocycles. The maximum atomic E-state index is 13.5. The van der Waals surface area contributed by atoms with Gasteiger partial charge in [-0.1, -0.05) is 48.5 Å². The number of amides is 4. The number of nitrogens with one attached hydrogen (secondary N) is 2. The third-order valence-corrected chi connectivity index (χ3v) is 12.4. The van der Waals surface area contributed by atoms with Crippen LogP contribution in [0.2, 0.25) is 0 Å². The van der Waals surface area contributed by atoms with Crippen molar-refractivity contribution in [2.75, 3.05) is 37.1 Å². The van der Waals surface area contributed by atoms with Crippen molar-refractivity contribution in [1.82, 2.24) is 30.2 Å². The van der Waals surface area contributed by atoms with Crippen molar-refractivity contribution >= 4 is 23.4 Å². The molecule has 58 heavy (non-hydrogen) atoms. The monoisotopic (exact) mass is 776 g/mol. The van der Waals surface area contributed by atoms with E-state index in [4.69, 9.17) is 9.47 Å². The molecule has 0 radical (unpaired) electrons. The Balaban J connectivity index is 0.000000150. The van der Waals surface area contributed by atoms with Crippen LogP contribution in [0.3, 0.4) is 0 Å². The fourth-order valence-electron chi connectivity index (χ4n) is 8.77. The molecule has 2 atom stereocenters. The van der Waals surface area contributed by atoms with Crippen molar-refractivity contribution in [3.05, 3.63) is 133 Å². The Labute approximate surface area is 338 Å². The minimum absolute atomic E-state index is 0.00435. The first-order valence-corrected chi connectivity index (χ1v) is 19.9. The highest BCUT2D eigenvalue weighted by molar-refractivity contribution is 5.97. The van der Waals surface area contributed by atoms with Gasteiger partial charge < -0.3 is 19.3 Å². The Morgan fingerprint density at radius 2 is 0.966 bits per heavy atom. The number of carbonyl (C=O) groups excluding carboxylic acids is 2. The molecular formula is C46H48N8O4. The highest BCUT2D eigenvalue weighted by Gasteiger charge is 2.60. The van der Waals surface area contributed by atoms with Crippen LogP contribution in [0.5, 0.6) is 11.5 Å². The molecule has 2 aliphatic heterocycles. The lowest BCUT2D eigenvalue weighted by Gasteiger charge is -2.30. The molecule has 2 aliphatic carbocycles. The summed E-state index contributed by atoms with van der Waals surface area (Å²) in [6, 6.07) is 32.4. The molecule has 0 bridgehead atoms. The van der Waals surface area contributed by atoms with Gasteiger partial charge >= 0.3 is 12.1 Å². The first kappa shape index (κ1) is 37.0. The first-order valence-electron chi connectivity index (χ1n) is 19.9. The zero-order chi connectivity index (χ0) is 40.0. The van der Waals surface area contributed by atoms with Crippen LogP contribution in [0.4, 0.5) is 21.0 Å². The fraction of sp³-hybridized carbons (Fsp3) is 0.304. The minimum atomic E-state index is -0.0528. The normalized spacial score (nSPS) is 18.3. The van der Waals surface area contributed by atoms with Gasteiger partial charge in [-0.3, -0.25) is 20.0 Å². The summed E-state index contributed by atoms with van der Waals surface area (Å²) in [7, 11) is 3.34. The molecule has 296 valence electrons. The number of benzene rings is 4. The second-order valence-corrected chi connectivity index (χ2v) is 15.9. The van der Waals surface area contributed by atoms with Crippen LogP contribution in [0, 0.1) is 0 Å². The molecule has 2 aromatic heterocycles. The molecule has 12 nitrogen and oxygen atoms in total. The second kappa shape index (κ2) is 14.7. The SMILES string of the molecule is COc1cccc(C(C)N2C(=O)N(c3ccc(-c4cn[nH]c4)cc3)CC23CC3)c1.COc1cccc(C(C)N2C(=O)N(c3ccc(-c4cn[nH]c4)cc3)CC23CC3)c1. The Hall–Kier alpha value is -6.56. The van der Waals surface area contributed by atoms with Crippen molar-refractivity contribution in [1.29, 1.82) is 0 Å². The van der Waals surface area contributed by atoms with E-state index >= 15 is 0 Å². The zero-order valence-electron chi connectivity index (χ0n) is 33.3. The number of aromatic nitrogens is 4. The van der Waals surface area contributed by atoms with Crippen LogP contribution in [-0.4, -0.2) is 80.6 Å². The van der Waals surface area contributed by atoms with E-state index in [0.29, 0.717) is 0 Å². The average Bonchev–Trinajstić information content (AvgIpc) is 3.89. The van der Waals surface area contributed by atoms with Gasteiger partial charge in [0.15, 0.2) is 0 Å². The van der Waals surface area contributed by atoms with E-state index in [2.05, 4.69) is 56.2 Å². The standard InChI is InChI=1S/2C23H24N4O2/c2*1-16(18-4-3-5-21(12-18)29-2)27-22(28)26(15-23(27)10-11-23)20-8-6-17(7-9-20)19-13-24-25-14-19/h2*3-9,12-14,16H,10-11,15H2,1-2H3,(H,24,25). The molecule has 4 heterocycles. The summed E-state index contributed by atoms with van der Waals surface area (Å²) in [4.78, 5) is 34.9. The van der Waals surface area contributed by atoms with Crippen LogP contribution < -0.4 is 19.3 Å². The number of hydrogen-bond donors (Lipinski definition) is 2. The van der Waals surface area contributed by atoms with Gasteiger partial charge in [0, 0.05) is 34.9 Å². The van der Waals surface area contributed by atoms with E-state index in [9.17, 15) is 9.59 Å². The maximum Gasteiger partial charge on any atom is 0.325 e. The molecule has 2 N–H and O–H groups in total. The Morgan fingerprint density at radius 3 is 1.29 bits per heavy atom. The van der Waals surface area contributed by atoms with Crippen LogP contribution in [0.1, 0.15) is 62.7 Å². The number of ether oxygens (including phenoxy) is 2. The van der Waals surface area contributed by atoms with Crippen molar-refractivity contribution in [2.24, 2.45) is 0 Å². The van der Waals surface area contributed by atoms with Gasteiger partial charge in [0.25, 0.3) is 0 Å². The molecule has 2 unspecified atom stereocenters. The number of rotatable bonds is 10. The van der Waals surface area contributed by atoms with Crippen LogP contribution in [-0.2, 0) is 0 Å². The summed E-state index contributed by atoms with van der Waals surface area (Å²) in [6.45, 7) is 5.70. The number of urea groups is 2. The summed E-state index contributed by atoms with van der Waals surface area (Å²) in [5.74, 6) is 1.63. The number of methoxy groups -OCH3 is 2. The highest BCUT2D eigenvalue weighted by Crippen LogP contribution is 2.53. The van der Waals surface area contributed by atoms with Gasteiger partial charge in [-0.25, -0.2) is 9.59 Å². The smallest absolute Gasteiger partial charge is 0.325 e. The van der Waals surface area contributed by atoms with Gasteiger partial charge in [-0.05, 0) is 110 Å². The lowest BCUT2D eigenvalue weighted by molar-refractivity contribution is 0.174. The van der Waals surface area contributed by atoms with Gasteiger partial charge in [-0.15, -0.1) is 0 Å². The van der Waals surface area contributed by atoms with E-state index in [0.717, 1.165) is 95.0 Å². The van der Waals surface area contributed by atoms with Gasteiger partial charge in [0.1, 0.15) is 11.5 Å². The molecular weight excluding hydrogens is 729 g/mol. The van der Waals surface area contributed by atoms with Crippen molar-refractivity contribution in [3.8, 4) is 33.8 Å². The van der Waals surface area contributed by atoms with Crippen LogP contribution in [0.15, 0.2) is 122 Å². The molecule has 2 spiro atoms. The summed E-state index contributed by atoms with van der Waals surface area (Å²) in [6.07, 6.45) is 11.5. The first-order chi connectivity index (χ1) is 28.2. The molecule has 4 aliphatic rings. The Morgan fingerprint density at radius 1 is 0.569 bits per heavy atom. The molecule has 2 saturated carbocycles. The molecule has 4 fully saturated rings. The van der Waals surface area contributed by atoms with E-state index < -0.39 is 0 Å². The number of nitrogens with zero attached hydrogens (tertiary/aromatic N) is 6. The Kier molecular flexibility index (Phi) is 9.42. The van der Waals surface area contributed by atoms with E-state index in [1.54, 1.807) is 26.6 Å². The lowest BCUT2D eigenvalue weighted by Crippen LogP contribution is -2.38. The number of hydrogen-bond acceptors (Lipinski definition) is 6. The second-order valence-electron chi connectivity index (χ2n) is 15.9. The van der Waals surface area contributed by atoms with Crippen molar-refractivity contribution in [2.45, 2.75) is 62.7 Å². The predicted octanol–water partition coefficient (Wildman–Crippen LogP) is 9.24. The van der Waals surface area contributed by atoms with E-state index in [1.165, 1.54) is 0 Å². The molecule has 12 heteroatoms. The van der Waals surface area contributed by atoms with Gasteiger partial charge in [-0.2, -0.15) is 10.2 Å². The topological polar surface area (TPSA) is 123 Å². The summed E-state index contributed by atoms with van der Waals surface area (Å²) < 4.78 is 10.7. The quantitative estimate of drug-likeness (QED) is 0.143. The average molecular weight is 777 g/mol. The van der Waals surface area contributed by atoms with Crippen LogP contribution >= 0.6 is 0 Å². The predicted molar refractivity (Wildman–Crippen MR) is 224 cm³/mol. The maximum absolute atomic E-state index is 13.5. The molecule has 10 rings (SSSR count). The number of anilines is 2. The third kappa shape index (κ3) is 6.71. The van der Waals surface area contributed by atoms with Crippen LogP contribution in [0.25, 0.3) is 22.3 Å². The molecule has 4 amide bonds. The van der Waals surface area contributed by atoms with Gasteiger partial charge in [0.2, 0.25) is 0 Å². The highest BCUT2D eigenvalue weighted by atomic mass is 16.5. The molecule has 2 saturated heterocycles.